The molecule has 122 valence electrons. The van der Waals surface area contributed by atoms with Crippen molar-refractivity contribution in [3.8, 4) is 0 Å². The predicted molar refractivity (Wildman–Crippen MR) is 89.4 cm³/mol. The third-order valence-electron chi connectivity index (χ3n) is 3.65. The average molecular weight is 380 g/mol. The molecule has 0 atom stereocenters. The number of rotatable bonds is 1. The largest absolute Gasteiger partial charge is 0.444 e. The van der Waals surface area contributed by atoms with E-state index in [1.807, 2.05) is 45.0 Å². The van der Waals surface area contributed by atoms with Gasteiger partial charge in [-0.3, -0.25) is 4.79 Å². The molecular weight excluding hydrogens is 362 g/mol. The number of ether oxygens (including phenoxy) is 1. The Morgan fingerprint density at radius 1 is 1.30 bits per heavy atom. The van der Waals surface area contributed by atoms with Crippen LogP contribution in [0.15, 0.2) is 33.7 Å². The Morgan fingerprint density at radius 2 is 1.91 bits per heavy atom. The number of nitrogens with one attached hydrogen (secondary N) is 1. The van der Waals surface area contributed by atoms with Gasteiger partial charge in [-0.15, -0.1) is 0 Å². The zero-order chi connectivity index (χ0) is 16.8. The van der Waals surface area contributed by atoms with Crippen molar-refractivity contribution in [2.75, 3.05) is 13.1 Å². The van der Waals surface area contributed by atoms with Gasteiger partial charge >= 0.3 is 6.09 Å². The van der Waals surface area contributed by atoms with E-state index in [9.17, 15) is 9.59 Å². The maximum Gasteiger partial charge on any atom is 0.410 e. The summed E-state index contributed by atoms with van der Waals surface area (Å²) in [5.41, 5.74) is -0.586. The molecule has 1 N–H and O–H groups in total. The lowest BCUT2D eigenvalue weighted by Crippen LogP contribution is -2.66. The van der Waals surface area contributed by atoms with Gasteiger partial charge in [0.15, 0.2) is 5.54 Å². The molecule has 1 aromatic carbocycles. The zero-order valence-corrected chi connectivity index (χ0v) is 14.8. The molecule has 1 saturated heterocycles. The summed E-state index contributed by atoms with van der Waals surface area (Å²) in [7, 11) is 0. The topological polar surface area (TPSA) is 71.0 Å². The molecule has 0 aliphatic carbocycles. The monoisotopic (exact) mass is 379 g/mol. The number of benzene rings is 1. The number of nitrogens with zero attached hydrogens (tertiary/aromatic N) is 2. The highest BCUT2D eigenvalue weighted by Gasteiger charge is 2.55. The number of aliphatic imine (C=N–C) groups is 1. The molecule has 6 nitrogen and oxygen atoms in total. The molecule has 3 rings (SSSR count). The first kappa shape index (κ1) is 16.0. The summed E-state index contributed by atoms with van der Waals surface area (Å²) in [5.74, 6) is 0.376. The number of amides is 2. The molecule has 2 heterocycles. The molecule has 0 saturated carbocycles. The molecule has 7 heteroatoms. The minimum atomic E-state index is -0.876. The SMILES string of the molecule is CC(C)(C)OC(=O)N1CC2(C1)N=C(c1ccc(Br)cc1)NC2=O. The van der Waals surface area contributed by atoms with Gasteiger partial charge in [-0.1, -0.05) is 28.1 Å². The van der Waals surface area contributed by atoms with E-state index in [0.717, 1.165) is 10.0 Å². The number of carbonyl (C=O) groups is 2. The van der Waals surface area contributed by atoms with Gasteiger partial charge in [0.25, 0.3) is 5.91 Å². The number of hydrogen-bond acceptors (Lipinski definition) is 4. The highest BCUT2D eigenvalue weighted by Crippen LogP contribution is 2.31. The fourth-order valence-electron chi connectivity index (χ4n) is 2.52. The van der Waals surface area contributed by atoms with E-state index < -0.39 is 17.2 Å². The van der Waals surface area contributed by atoms with Gasteiger partial charge in [-0.25, -0.2) is 9.79 Å². The third-order valence-corrected chi connectivity index (χ3v) is 4.18. The first-order valence-corrected chi connectivity index (χ1v) is 8.13. The minimum Gasteiger partial charge on any atom is -0.444 e. The van der Waals surface area contributed by atoms with E-state index in [1.54, 1.807) is 0 Å². The Kier molecular flexibility index (Phi) is 3.71. The second-order valence-electron chi connectivity index (χ2n) is 6.79. The first-order chi connectivity index (χ1) is 10.7. The van der Waals surface area contributed by atoms with Gasteiger partial charge in [0.1, 0.15) is 11.4 Å². The average Bonchev–Trinajstić information content (AvgIpc) is 2.73. The maximum atomic E-state index is 12.3. The number of likely N-dealkylation sites (tertiary alicyclic amines) is 1. The van der Waals surface area contributed by atoms with Crippen molar-refractivity contribution >= 4 is 33.8 Å². The van der Waals surface area contributed by atoms with E-state index in [1.165, 1.54) is 4.90 Å². The summed E-state index contributed by atoms with van der Waals surface area (Å²) >= 11 is 3.38. The van der Waals surface area contributed by atoms with Crippen LogP contribution in [0, 0.1) is 0 Å². The molecule has 1 spiro atoms. The molecule has 1 fully saturated rings. The standard InChI is InChI=1S/C16H18BrN3O3/c1-15(2,3)23-14(22)20-8-16(9-20)13(21)18-12(19-16)10-4-6-11(17)7-5-10/h4-7H,8-9H2,1-3H3,(H,18,19,21). The molecule has 0 bridgehead atoms. The van der Waals surface area contributed by atoms with Crippen LogP contribution in [0.25, 0.3) is 0 Å². The highest BCUT2D eigenvalue weighted by molar-refractivity contribution is 9.10. The summed E-state index contributed by atoms with van der Waals surface area (Å²) in [6.45, 7) is 5.92. The summed E-state index contributed by atoms with van der Waals surface area (Å²) in [6, 6.07) is 7.55. The fourth-order valence-corrected chi connectivity index (χ4v) is 2.78. The number of hydrogen-bond donors (Lipinski definition) is 1. The molecule has 0 unspecified atom stereocenters. The summed E-state index contributed by atoms with van der Waals surface area (Å²) in [6.07, 6.45) is -0.414. The van der Waals surface area contributed by atoms with E-state index in [-0.39, 0.29) is 19.0 Å². The Bertz CT molecular complexity index is 686. The molecule has 1 aromatic rings. The predicted octanol–water partition coefficient (Wildman–Crippen LogP) is 2.31. The van der Waals surface area contributed by atoms with Crippen molar-refractivity contribution in [3.63, 3.8) is 0 Å². The third kappa shape index (κ3) is 3.10. The van der Waals surface area contributed by atoms with Crippen LogP contribution in [0.2, 0.25) is 0 Å². The van der Waals surface area contributed by atoms with E-state index in [2.05, 4.69) is 26.2 Å². The van der Waals surface area contributed by atoms with Crippen molar-refractivity contribution in [1.82, 2.24) is 10.2 Å². The number of carbonyl (C=O) groups excluding carboxylic acids is 2. The Morgan fingerprint density at radius 3 is 2.48 bits per heavy atom. The molecular formula is C16H18BrN3O3. The number of halogens is 1. The molecule has 2 amide bonds. The smallest absolute Gasteiger partial charge is 0.410 e. The van der Waals surface area contributed by atoms with Gasteiger partial charge in [0, 0.05) is 10.0 Å². The van der Waals surface area contributed by atoms with Gasteiger partial charge in [-0.05, 0) is 32.9 Å². The summed E-state index contributed by atoms with van der Waals surface area (Å²) in [5, 5.41) is 2.81. The van der Waals surface area contributed by atoms with Gasteiger partial charge < -0.3 is 15.0 Å². The normalized spacial score (nSPS) is 19.2. The Balaban J connectivity index is 1.71. The van der Waals surface area contributed by atoms with E-state index in [4.69, 9.17) is 4.74 Å². The molecule has 0 radical (unpaired) electrons. The van der Waals surface area contributed by atoms with Crippen molar-refractivity contribution in [3.05, 3.63) is 34.3 Å². The summed E-state index contributed by atoms with van der Waals surface area (Å²) in [4.78, 5) is 30.3. The highest BCUT2D eigenvalue weighted by atomic mass is 79.9. The Labute approximate surface area is 143 Å². The first-order valence-electron chi connectivity index (χ1n) is 7.34. The second-order valence-corrected chi connectivity index (χ2v) is 7.71. The summed E-state index contributed by atoms with van der Waals surface area (Å²) < 4.78 is 6.26. The van der Waals surface area contributed by atoms with Crippen LogP contribution in [0.3, 0.4) is 0 Å². The van der Waals surface area contributed by atoms with Crippen molar-refractivity contribution < 1.29 is 14.3 Å². The van der Waals surface area contributed by atoms with Gasteiger partial charge in [0.05, 0.1) is 13.1 Å². The van der Waals surface area contributed by atoms with Crippen molar-refractivity contribution in [2.45, 2.75) is 31.9 Å². The quantitative estimate of drug-likeness (QED) is 0.813. The fraction of sp³-hybridized carbons (Fsp3) is 0.438. The van der Waals surface area contributed by atoms with Crippen LogP contribution in [0.5, 0.6) is 0 Å². The Hall–Kier alpha value is -1.89. The van der Waals surface area contributed by atoms with Crippen LogP contribution in [0.4, 0.5) is 4.79 Å². The second kappa shape index (κ2) is 5.33. The molecule has 0 aromatic heterocycles. The van der Waals surface area contributed by atoms with Gasteiger partial charge in [-0.2, -0.15) is 0 Å². The minimum absolute atomic E-state index is 0.171. The van der Waals surface area contributed by atoms with Crippen LogP contribution in [-0.2, 0) is 9.53 Å². The van der Waals surface area contributed by atoms with Crippen LogP contribution in [-0.4, -0.2) is 47.0 Å². The molecule has 2 aliphatic heterocycles. The lowest BCUT2D eigenvalue weighted by Gasteiger charge is -2.43. The van der Waals surface area contributed by atoms with Crippen LogP contribution < -0.4 is 5.32 Å². The lowest BCUT2D eigenvalue weighted by atomic mass is 9.91. The lowest BCUT2D eigenvalue weighted by molar-refractivity contribution is -0.128. The van der Waals surface area contributed by atoms with Crippen molar-refractivity contribution in [1.29, 1.82) is 0 Å². The van der Waals surface area contributed by atoms with Crippen molar-refractivity contribution in [2.24, 2.45) is 4.99 Å². The maximum absolute atomic E-state index is 12.3. The van der Waals surface area contributed by atoms with E-state index in [0.29, 0.717) is 5.84 Å². The molecule has 23 heavy (non-hydrogen) atoms. The van der Waals surface area contributed by atoms with Crippen LogP contribution in [0.1, 0.15) is 26.3 Å². The molecule has 2 aliphatic rings. The zero-order valence-electron chi connectivity index (χ0n) is 13.2. The van der Waals surface area contributed by atoms with Gasteiger partial charge in [0.2, 0.25) is 0 Å². The van der Waals surface area contributed by atoms with Crippen LogP contribution >= 0.6 is 15.9 Å². The van der Waals surface area contributed by atoms with E-state index >= 15 is 0 Å². The number of amidine groups is 1.